The van der Waals surface area contributed by atoms with Gasteiger partial charge >= 0.3 is 0 Å². The first-order valence-electron chi connectivity index (χ1n) is 9.49. The molecule has 1 aliphatic heterocycles. The highest BCUT2D eigenvalue weighted by Gasteiger charge is 2.23. The lowest BCUT2D eigenvalue weighted by molar-refractivity contribution is 0.346. The fourth-order valence-electron chi connectivity index (χ4n) is 3.05. The molecule has 1 aromatic heterocycles. The lowest BCUT2D eigenvalue weighted by Gasteiger charge is -2.34. The van der Waals surface area contributed by atoms with Gasteiger partial charge in [-0.2, -0.15) is 0 Å². The molecule has 0 spiro atoms. The molecule has 2 rings (SSSR count). The van der Waals surface area contributed by atoms with Crippen LogP contribution < -0.4 is 15.5 Å². The Morgan fingerprint density at radius 3 is 2.59 bits per heavy atom. The van der Waals surface area contributed by atoms with E-state index in [9.17, 15) is 8.42 Å². The monoisotopic (exact) mass is 395 g/mol. The molecular weight excluding hydrogens is 362 g/mol. The van der Waals surface area contributed by atoms with Crippen LogP contribution in [0, 0.1) is 5.41 Å². The Kier molecular flexibility index (Phi) is 7.47. The van der Waals surface area contributed by atoms with Crippen molar-refractivity contribution in [3.05, 3.63) is 24.4 Å². The number of sulfone groups is 1. The Hall–Kier alpha value is -1.83. The van der Waals surface area contributed by atoms with Gasteiger partial charge in [-0.3, -0.25) is 4.99 Å². The summed E-state index contributed by atoms with van der Waals surface area (Å²) in [4.78, 5) is 11.1. The number of nitrogens with zero attached hydrogens (tertiary/aromatic N) is 3. The molecule has 1 fully saturated rings. The molecule has 8 heteroatoms. The van der Waals surface area contributed by atoms with Gasteiger partial charge < -0.3 is 15.5 Å². The van der Waals surface area contributed by atoms with Crippen molar-refractivity contribution in [3.8, 4) is 0 Å². The van der Waals surface area contributed by atoms with Crippen LogP contribution in [0.4, 0.5) is 5.82 Å². The van der Waals surface area contributed by atoms with Gasteiger partial charge in [-0.25, -0.2) is 13.4 Å². The Balaban J connectivity index is 1.77. The molecule has 0 aromatic carbocycles. The number of aliphatic imine (C=N–C) groups is 1. The highest BCUT2D eigenvalue weighted by molar-refractivity contribution is 7.90. The number of nitrogens with one attached hydrogen (secondary N) is 2. The molecule has 1 saturated heterocycles. The standard InChI is InChI=1S/C19H33N5O2S/c1-19(2,10-14-27(4,25)26)15-22-18(20-3)23-16-8-12-24(13-9-16)17-7-5-6-11-21-17/h5-7,11,16H,8-10,12-15H2,1-4H3,(H2,20,22,23). The molecule has 152 valence electrons. The minimum atomic E-state index is -2.94. The van der Waals surface area contributed by atoms with Crippen molar-refractivity contribution in [2.75, 3.05) is 43.6 Å². The van der Waals surface area contributed by atoms with Gasteiger partial charge in [-0.1, -0.05) is 19.9 Å². The molecule has 0 amide bonds. The fraction of sp³-hybridized carbons (Fsp3) is 0.684. The van der Waals surface area contributed by atoms with Crippen LogP contribution in [0.2, 0.25) is 0 Å². The zero-order valence-corrected chi connectivity index (χ0v) is 17.7. The maximum atomic E-state index is 11.4. The molecule has 0 unspecified atom stereocenters. The van der Waals surface area contributed by atoms with Crippen molar-refractivity contribution in [2.24, 2.45) is 10.4 Å². The topological polar surface area (TPSA) is 86.7 Å². The van der Waals surface area contributed by atoms with E-state index in [0.29, 0.717) is 19.0 Å². The molecule has 27 heavy (non-hydrogen) atoms. The number of rotatable bonds is 7. The van der Waals surface area contributed by atoms with Crippen molar-refractivity contribution >= 4 is 21.6 Å². The third-order valence-corrected chi connectivity index (χ3v) is 5.86. The SMILES string of the molecule is CN=C(NCC(C)(C)CCS(C)(=O)=O)NC1CCN(c2ccccn2)CC1. The van der Waals surface area contributed by atoms with E-state index < -0.39 is 9.84 Å². The molecule has 1 aromatic rings. The minimum absolute atomic E-state index is 0.122. The molecule has 0 saturated carbocycles. The van der Waals surface area contributed by atoms with Crippen molar-refractivity contribution in [3.63, 3.8) is 0 Å². The number of hydrogen-bond acceptors (Lipinski definition) is 5. The smallest absolute Gasteiger partial charge is 0.191 e. The average Bonchev–Trinajstić information content (AvgIpc) is 2.64. The van der Waals surface area contributed by atoms with Gasteiger partial charge in [0.25, 0.3) is 0 Å². The maximum absolute atomic E-state index is 11.4. The highest BCUT2D eigenvalue weighted by Crippen LogP contribution is 2.20. The van der Waals surface area contributed by atoms with E-state index in [0.717, 1.165) is 37.7 Å². The summed E-state index contributed by atoms with van der Waals surface area (Å²) in [6.45, 7) is 6.75. The summed E-state index contributed by atoms with van der Waals surface area (Å²) >= 11 is 0. The Bertz CT molecular complexity index is 711. The van der Waals surface area contributed by atoms with Crippen LogP contribution in [0.3, 0.4) is 0 Å². The van der Waals surface area contributed by atoms with E-state index in [-0.39, 0.29) is 11.2 Å². The first-order chi connectivity index (χ1) is 12.7. The van der Waals surface area contributed by atoms with Gasteiger partial charge in [-0.05, 0) is 36.8 Å². The number of aromatic nitrogens is 1. The van der Waals surface area contributed by atoms with Gasteiger partial charge in [0.05, 0.1) is 5.75 Å². The summed E-state index contributed by atoms with van der Waals surface area (Å²) in [6.07, 6.45) is 5.78. The predicted octanol–water partition coefficient (Wildman–Crippen LogP) is 1.68. The van der Waals surface area contributed by atoms with Crippen LogP contribution in [0.5, 0.6) is 0 Å². The van der Waals surface area contributed by atoms with Crippen LogP contribution in [0.25, 0.3) is 0 Å². The van der Waals surface area contributed by atoms with Crippen LogP contribution in [-0.2, 0) is 9.84 Å². The quantitative estimate of drug-likeness (QED) is 0.540. The first kappa shape index (κ1) is 21.5. The highest BCUT2D eigenvalue weighted by atomic mass is 32.2. The summed E-state index contributed by atoms with van der Waals surface area (Å²) in [7, 11) is -1.17. The van der Waals surface area contributed by atoms with Crippen molar-refractivity contribution in [1.29, 1.82) is 0 Å². The van der Waals surface area contributed by atoms with Crippen molar-refractivity contribution in [2.45, 2.75) is 39.2 Å². The van der Waals surface area contributed by atoms with Crippen molar-refractivity contribution < 1.29 is 8.42 Å². The van der Waals surface area contributed by atoms with Crippen LogP contribution >= 0.6 is 0 Å². The number of anilines is 1. The number of piperidine rings is 1. The lowest BCUT2D eigenvalue weighted by atomic mass is 9.90. The van der Waals surface area contributed by atoms with E-state index in [1.54, 1.807) is 7.05 Å². The predicted molar refractivity (Wildman–Crippen MR) is 112 cm³/mol. The molecular formula is C19H33N5O2S. The maximum Gasteiger partial charge on any atom is 0.191 e. The fourth-order valence-corrected chi connectivity index (χ4v) is 3.98. The van der Waals surface area contributed by atoms with Crippen LogP contribution in [-0.4, -0.2) is 64.1 Å². The molecule has 0 bridgehead atoms. The summed E-state index contributed by atoms with van der Waals surface area (Å²) in [6, 6.07) is 6.37. The van der Waals surface area contributed by atoms with Gasteiger partial charge in [0, 0.05) is 45.2 Å². The summed E-state index contributed by atoms with van der Waals surface area (Å²) in [5.74, 6) is 2.02. The lowest BCUT2D eigenvalue weighted by Crippen LogP contribution is -2.50. The minimum Gasteiger partial charge on any atom is -0.356 e. The second-order valence-electron chi connectivity index (χ2n) is 8.06. The first-order valence-corrected chi connectivity index (χ1v) is 11.6. The van der Waals surface area contributed by atoms with E-state index in [2.05, 4.69) is 39.4 Å². The number of hydrogen-bond donors (Lipinski definition) is 2. The molecule has 1 aliphatic rings. The Morgan fingerprint density at radius 2 is 2.04 bits per heavy atom. The summed E-state index contributed by atoms with van der Waals surface area (Å²) in [5.41, 5.74) is -0.122. The van der Waals surface area contributed by atoms with Crippen molar-refractivity contribution in [1.82, 2.24) is 15.6 Å². The molecule has 7 nitrogen and oxygen atoms in total. The Morgan fingerprint density at radius 1 is 1.33 bits per heavy atom. The second kappa shape index (κ2) is 9.39. The second-order valence-corrected chi connectivity index (χ2v) is 10.3. The third kappa shape index (κ3) is 7.74. The summed E-state index contributed by atoms with van der Waals surface area (Å²) in [5, 5.41) is 6.85. The molecule has 2 N–H and O–H groups in total. The molecule has 2 heterocycles. The van der Waals surface area contributed by atoms with E-state index in [1.807, 2.05) is 24.4 Å². The normalized spacial score (nSPS) is 17.0. The van der Waals surface area contributed by atoms with E-state index in [4.69, 9.17) is 0 Å². The zero-order valence-electron chi connectivity index (χ0n) is 16.9. The molecule has 0 radical (unpaired) electrons. The van der Waals surface area contributed by atoms with E-state index in [1.165, 1.54) is 6.26 Å². The van der Waals surface area contributed by atoms with Gasteiger partial charge in [0.2, 0.25) is 0 Å². The Labute approximate surface area is 163 Å². The molecule has 0 aliphatic carbocycles. The van der Waals surface area contributed by atoms with Crippen LogP contribution in [0.15, 0.2) is 29.4 Å². The average molecular weight is 396 g/mol. The zero-order chi connectivity index (χ0) is 19.9. The van der Waals surface area contributed by atoms with Crippen LogP contribution in [0.1, 0.15) is 33.1 Å². The van der Waals surface area contributed by atoms with Gasteiger partial charge in [-0.15, -0.1) is 0 Å². The van der Waals surface area contributed by atoms with E-state index >= 15 is 0 Å². The number of guanidine groups is 1. The number of pyridine rings is 1. The molecule has 0 atom stereocenters. The largest absolute Gasteiger partial charge is 0.356 e. The van der Waals surface area contributed by atoms with Gasteiger partial charge in [0.1, 0.15) is 15.7 Å². The van der Waals surface area contributed by atoms with Gasteiger partial charge in [0.15, 0.2) is 5.96 Å². The third-order valence-electron chi connectivity index (χ3n) is 4.92. The summed E-state index contributed by atoms with van der Waals surface area (Å²) < 4.78 is 22.8.